The number of aromatic amines is 1. The molecule has 1 amide bonds. The van der Waals surface area contributed by atoms with Crippen molar-refractivity contribution in [2.75, 3.05) is 61.2 Å². The Balaban J connectivity index is 0.000000585. The number of fused-ring (bicyclic) bond motifs is 1. The van der Waals surface area contributed by atoms with Crippen molar-refractivity contribution in [2.45, 2.75) is 24.9 Å². The number of carboxylic acids is 2. The molecule has 0 bridgehead atoms. The summed E-state index contributed by atoms with van der Waals surface area (Å²) in [5, 5.41) is 29.5. The lowest BCUT2D eigenvalue weighted by atomic mass is 10.1. The summed E-state index contributed by atoms with van der Waals surface area (Å²) < 4.78 is 9.89. The maximum absolute atomic E-state index is 12.3. The normalized spacial score (nSPS) is 16.8. The molecule has 0 aliphatic carbocycles. The van der Waals surface area contributed by atoms with Crippen molar-refractivity contribution in [3.63, 3.8) is 0 Å². The van der Waals surface area contributed by atoms with Gasteiger partial charge in [0.2, 0.25) is 5.95 Å². The molecule has 0 unspecified atom stereocenters. The van der Waals surface area contributed by atoms with Crippen LogP contribution in [0, 0.1) is 0 Å². The fraction of sp³-hybridized carbons (Fsp3) is 0.435. The number of aliphatic carboxylic acids is 2. The van der Waals surface area contributed by atoms with Gasteiger partial charge in [0.15, 0.2) is 0 Å². The molecule has 9 N–H and O–H groups in total. The van der Waals surface area contributed by atoms with Gasteiger partial charge in [-0.1, -0.05) is 0 Å². The Bertz CT molecular complexity index is 1160. The average Bonchev–Trinajstić information content (AvgIpc) is 2.91. The first-order chi connectivity index (χ1) is 18.2. The van der Waals surface area contributed by atoms with Gasteiger partial charge in [-0.05, 0) is 30.7 Å². The van der Waals surface area contributed by atoms with Crippen LogP contribution in [0.25, 0.3) is 0 Å². The van der Waals surface area contributed by atoms with Crippen LogP contribution >= 0.6 is 0 Å². The van der Waals surface area contributed by atoms with Crippen LogP contribution in [0.15, 0.2) is 29.1 Å². The Hall–Kier alpha value is -4.37. The summed E-state index contributed by atoms with van der Waals surface area (Å²) in [7, 11) is 0. The first-order valence-corrected chi connectivity index (χ1v) is 11.9. The fourth-order valence-corrected chi connectivity index (χ4v) is 3.55. The van der Waals surface area contributed by atoms with E-state index >= 15 is 0 Å². The first-order valence-electron chi connectivity index (χ1n) is 11.9. The molecule has 3 heterocycles. The smallest absolute Gasteiger partial charge is 0.326 e. The fourth-order valence-electron chi connectivity index (χ4n) is 3.55. The van der Waals surface area contributed by atoms with Gasteiger partial charge >= 0.3 is 11.9 Å². The van der Waals surface area contributed by atoms with Crippen molar-refractivity contribution in [3.8, 4) is 0 Å². The van der Waals surface area contributed by atoms with E-state index in [4.69, 9.17) is 25.4 Å². The monoisotopic (exact) mass is 533 g/mol. The maximum atomic E-state index is 12.3. The highest BCUT2D eigenvalue weighted by Gasteiger charge is 2.22. The molecule has 0 radical (unpaired) electrons. The number of anilines is 4. The number of benzene rings is 1. The summed E-state index contributed by atoms with van der Waals surface area (Å²) >= 11 is 0. The highest BCUT2D eigenvalue weighted by atomic mass is 16.6. The second kappa shape index (κ2) is 13.8. The molecule has 0 spiro atoms. The van der Waals surface area contributed by atoms with E-state index in [9.17, 15) is 19.2 Å². The summed E-state index contributed by atoms with van der Waals surface area (Å²) in [6.45, 7) is 4.09. The number of ether oxygens (including phenoxy) is 2. The quantitative estimate of drug-likeness (QED) is 0.208. The van der Waals surface area contributed by atoms with Gasteiger partial charge in [-0.3, -0.25) is 14.4 Å². The molecule has 4 rings (SSSR count). The molecule has 15 nitrogen and oxygen atoms in total. The zero-order valence-corrected chi connectivity index (χ0v) is 20.5. The molecule has 1 saturated heterocycles. The van der Waals surface area contributed by atoms with E-state index in [1.807, 2.05) is 0 Å². The summed E-state index contributed by atoms with van der Waals surface area (Å²) in [4.78, 5) is 52.5. The molecule has 1 aromatic carbocycles. The Morgan fingerprint density at radius 1 is 1.11 bits per heavy atom. The van der Waals surface area contributed by atoms with Gasteiger partial charge in [0.25, 0.3) is 11.5 Å². The predicted octanol–water partition coefficient (Wildman–Crippen LogP) is -0.249. The van der Waals surface area contributed by atoms with Crippen LogP contribution in [0.2, 0.25) is 0 Å². The van der Waals surface area contributed by atoms with Crippen molar-refractivity contribution in [1.82, 2.24) is 15.3 Å². The van der Waals surface area contributed by atoms with E-state index in [-0.39, 0.29) is 30.4 Å². The van der Waals surface area contributed by atoms with Crippen molar-refractivity contribution in [2.24, 2.45) is 0 Å². The Morgan fingerprint density at radius 3 is 2.34 bits per heavy atom. The van der Waals surface area contributed by atoms with Gasteiger partial charge in [0, 0.05) is 30.8 Å². The van der Waals surface area contributed by atoms with Crippen LogP contribution in [0.1, 0.15) is 23.2 Å². The predicted molar refractivity (Wildman–Crippen MR) is 138 cm³/mol. The lowest BCUT2D eigenvalue weighted by Gasteiger charge is -2.27. The van der Waals surface area contributed by atoms with Gasteiger partial charge < -0.3 is 51.7 Å². The standard InChI is InChI=1S/C19H23N7O6.C4H8O2/c20-19-25-15-14(17(30)26-19)23-11(8-22-15)7-21-10-3-1-9(2-4-10)16(29)24-12(18(31)32)5-6-13(27)28;1-2-6-4-3-5-1/h1-4,11-12,21,23H,5-8H2,(H,24,29)(H,27,28)(H,31,32)(H4,20,22,25,26,30);1-4H2/t11-,12+;/m1./s1. The van der Waals surface area contributed by atoms with E-state index in [0.29, 0.717) is 30.3 Å². The third-order valence-electron chi connectivity index (χ3n) is 5.51. The topological polar surface area (TPSA) is 230 Å². The van der Waals surface area contributed by atoms with Crippen LogP contribution in [-0.4, -0.2) is 89.6 Å². The molecule has 15 heteroatoms. The number of aromatic nitrogens is 2. The van der Waals surface area contributed by atoms with E-state index in [1.54, 1.807) is 12.1 Å². The number of nitrogen functional groups attached to an aromatic ring is 1. The molecule has 38 heavy (non-hydrogen) atoms. The molecular weight excluding hydrogens is 502 g/mol. The van der Waals surface area contributed by atoms with E-state index in [2.05, 4.69) is 31.2 Å². The minimum atomic E-state index is -1.30. The number of nitrogens with one attached hydrogen (secondary N) is 5. The van der Waals surface area contributed by atoms with Crippen LogP contribution in [0.4, 0.5) is 23.1 Å². The highest BCUT2D eigenvalue weighted by Crippen LogP contribution is 2.20. The molecule has 2 aliphatic rings. The maximum Gasteiger partial charge on any atom is 0.326 e. The zero-order valence-electron chi connectivity index (χ0n) is 20.5. The second-order valence-electron chi connectivity index (χ2n) is 8.38. The van der Waals surface area contributed by atoms with Gasteiger partial charge in [-0.2, -0.15) is 4.98 Å². The third-order valence-corrected chi connectivity index (χ3v) is 5.51. The average molecular weight is 534 g/mol. The van der Waals surface area contributed by atoms with Crippen LogP contribution in [0.5, 0.6) is 0 Å². The number of carboxylic acid groups (broad SMARTS) is 2. The minimum Gasteiger partial charge on any atom is -0.481 e. The number of rotatable bonds is 9. The SMILES string of the molecule is C1COCCO1.Nc1nc(=O)c2c([nH]1)NC[C@@H](CNc1ccc(C(=O)N[C@@H](CCC(=O)O)C(=O)O)cc1)N2. The number of nitrogens with zero attached hydrogens (tertiary/aromatic N) is 1. The molecule has 0 saturated carbocycles. The molecular formula is C23H31N7O8. The zero-order chi connectivity index (χ0) is 27.5. The first kappa shape index (κ1) is 28.2. The van der Waals surface area contributed by atoms with Crippen molar-refractivity contribution >= 4 is 41.0 Å². The molecule has 1 fully saturated rings. The largest absolute Gasteiger partial charge is 0.481 e. The van der Waals surface area contributed by atoms with E-state index in [0.717, 1.165) is 26.4 Å². The second-order valence-corrected chi connectivity index (χ2v) is 8.38. The van der Waals surface area contributed by atoms with E-state index < -0.39 is 29.4 Å². The number of hydrogen-bond acceptors (Lipinski definition) is 11. The minimum absolute atomic E-state index is 0.0281. The lowest BCUT2D eigenvalue weighted by molar-refractivity contribution is -0.140. The van der Waals surface area contributed by atoms with Crippen LogP contribution in [-0.2, 0) is 19.1 Å². The Labute approximate surface area is 217 Å². The molecule has 2 aliphatic heterocycles. The number of hydrogen-bond donors (Lipinski definition) is 8. The van der Waals surface area contributed by atoms with Crippen LogP contribution < -0.4 is 32.6 Å². The third kappa shape index (κ3) is 8.63. The van der Waals surface area contributed by atoms with E-state index in [1.165, 1.54) is 12.1 Å². The molecule has 206 valence electrons. The number of H-pyrrole nitrogens is 1. The molecule has 1 aromatic heterocycles. The Morgan fingerprint density at radius 2 is 1.76 bits per heavy atom. The van der Waals surface area contributed by atoms with Crippen molar-refractivity contribution in [1.29, 1.82) is 0 Å². The summed E-state index contributed by atoms with van der Waals surface area (Å²) in [5.74, 6) is -2.55. The Kier molecular flexibility index (Phi) is 10.2. The van der Waals surface area contributed by atoms with Crippen LogP contribution in [0.3, 0.4) is 0 Å². The summed E-state index contributed by atoms with van der Waals surface area (Å²) in [6.07, 6.45) is -0.587. The summed E-state index contributed by atoms with van der Waals surface area (Å²) in [5.41, 5.74) is 6.31. The van der Waals surface area contributed by atoms with Gasteiger partial charge in [0.1, 0.15) is 17.5 Å². The van der Waals surface area contributed by atoms with Gasteiger partial charge in [-0.15, -0.1) is 0 Å². The number of carbonyl (C=O) groups excluding carboxylic acids is 1. The number of carbonyl (C=O) groups is 3. The number of nitrogens with two attached hydrogens (primary N) is 1. The summed E-state index contributed by atoms with van der Waals surface area (Å²) in [6, 6.07) is 4.93. The lowest BCUT2D eigenvalue weighted by Crippen LogP contribution is -2.41. The number of amides is 1. The highest BCUT2D eigenvalue weighted by molar-refractivity contribution is 5.96. The molecule has 2 aromatic rings. The van der Waals surface area contributed by atoms with Crippen molar-refractivity contribution in [3.05, 3.63) is 40.2 Å². The molecule has 2 atom stereocenters. The van der Waals surface area contributed by atoms with Gasteiger partial charge in [0.05, 0.1) is 32.5 Å². The van der Waals surface area contributed by atoms with Crippen molar-refractivity contribution < 1.29 is 34.1 Å². The van der Waals surface area contributed by atoms with Gasteiger partial charge in [-0.25, -0.2) is 4.79 Å².